The number of ether oxygens (including phenoxy) is 3. The maximum atomic E-state index is 12.9. The first-order valence-corrected chi connectivity index (χ1v) is 10.7. The van der Waals surface area contributed by atoms with Gasteiger partial charge in [-0.05, 0) is 38.3 Å². The zero-order chi connectivity index (χ0) is 19.3. The molecular weight excluding hydrogens is 376 g/mol. The molecule has 28 heavy (non-hydrogen) atoms. The van der Waals surface area contributed by atoms with Crippen LogP contribution in [0.25, 0.3) is 0 Å². The third kappa shape index (κ3) is 4.71. The zero-order valence-corrected chi connectivity index (χ0v) is 17.0. The van der Waals surface area contributed by atoms with Gasteiger partial charge < -0.3 is 19.1 Å². The van der Waals surface area contributed by atoms with Crippen LogP contribution in [-0.4, -0.2) is 47.9 Å². The lowest BCUT2D eigenvalue weighted by molar-refractivity contribution is -0.150. The first-order chi connectivity index (χ1) is 13.7. The number of amides is 1. The van der Waals surface area contributed by atoms with Gasteiger partial charge >= 0.3 is 0 Å². The van der Waals surface area contributed by atoms with Crippen molar-refractivity contribution in [1.29, 1.82) is 0 Å². The number of piperidine rings is 1. The van der Waals surface area contributed by atoms with E-state index >= 15 is 0 Å². The molecular formula is C21H26N2O4S. The van der Waals surface area contributed by atoms with Crippen LogP contribution in [-0.2, 0) is 27.3 Å². The lowest BCUT2D eigenvalue weighted by Crippen LogP contribution is -2.50. The van der Waals surface area contributed by atoms with Crippen molar-refractivity contribution in [1.82, 2.24) is 9.88 Å². The molecule has 2 aromatic rings. The highest BCUT2D eigenvalue weighted by atomic mass is 32.1. The predicted octanol–water partition coefficient (Wildman–Crippen LogP) is 3.33. The van der Waals surface area contributed by atoms with Crippen molar-refractivity contribution in [2.45, 2.75) is 51.5 Å². The fourth-order valence-electron chi connectivity index (χ4n) is 3.68. The number of rotatable bonds is 6. The fraction of sp³-hybridized carbons (Fsp3) is 0.524. The smallest absolute Gasteiger partial charge is 0.229 e. The summed E-state index contributed by atoms with van der Waals surface area (Å²) in [7, 11) is 0. The van der Waals surface area contributed by atoms with E-state index in [-0.39, 0.29) is 18.2 Å². The first-order valence-electron chi connectivity index (χ1n) is 9.84. The van der Waals surface area contributed by atoms with Gasteiger partial charge in [-0.1, -0.05) is 17.7 Å². The number of nitrogens with zero attached hydrogens (tertiary/aromatic N) is 2. The number of hydrogen-bond acceptors (Lipinski definition) is 6. The van der Waals surface area contributed by atoms with Crippen LogP contribution in [0.1, 0.15) is 35.5 Å². The molecule has 0 aliphatic carbocycles. The van der Waals surface area contributed by atoms with Gasteiger partial charge in [0.1, 0.15) is 17.4 Å². The third-order valence-electron chi connectivity index (χ3n) is 5.15. The second-order valence-corrected chi connectivity index (χ2v) is 8.21. The first kappa shape index (κ1) is 19.4. The van der Waals surface area contributed by atoms with E-state index in [1.54, 1.807) is 0 Å². The summed E-state index contributed by atoms with van der Waals surface area (Å²) >= 11 is 1.53. The summed E-state index contributed by atoms with van der Waals surface area (Å²) in [6.07, 6.45) is 3.10. The van der Waals surface area contributed by atoms with Crippen molar-refractivity contribution in [3.8, 4) is 5.75 Å². The Hall–Kier alpha value is -1.96. The van der Waals surface area contributed by atoms with Crippen LogP contribution >= 0.6 is 11.3 Å². The highest BCUT2D eigenvalue weighted by molar-refractivity contribution is 7.09. The molecule has 0 bridgehead atoms. The van der Waals surface area contributed by atoms with E-state index in [0.29, 0.717) is 26.2 Å². The minimum atomic E-state index is -0.279. The molecule has 150 valence electrons. The number of aromatic nitrogens is 1. The maximum Gasteiger partial charge on any atom is 0.229 e. The summed E-state index contributed by atoms with van der Waals surface area (Å²) in [5.74, 6) is 0.922. The number of thiazole rings is 1. The molecule has 1 unspecified atom stereocenters. The van der Waals surface area contributed by atoms with Crippen LogP contribution < -0.4 is 4.74 Å². The van der Waals surface area contributed by atoms with Crippen molar-refractivity contribution in [2.75, 3.05) is 19.8 Å². The number of hydrogen-bond donors (Lipinski definition) is 0. The summed E-state index contributed by atoms with van der Waals surface area (Å²) in [5, 5.41) is 2.83. The van der Waals surface area contributed by atoms with E-state index in [2.05, 4.69) is 4.98 Å². The molecule has 2 aliphatic rings. The van der Waals surface area contributed by atoms with E-state index in [1.807, 2.05) is 41.5 Å². The Morgan fingerprint density at radius 3 is 2.82 bits per heavy atom. The van der Waals surface area contributed by atoms with Gasteiger partial charge in [0.15, 0.2) is 6.29 Å². The second-order valence-electron chi connectivity index (χ2n) is 7.27. The van der Waals surface area contributed by atoms with E-state index in [9.17, 15) is 4.79 Å². The van der Waals surface area contributed by atoms with Gasteiger partial charge in [-0.3, -0.25) is 4.79 Å². The van der Waals surface area contributed by atoms with Crippen molar-refractivity contribution in [2.24, 2.45) is 0 Å². The van der Waals surface area contributed by atoms with Gasteiger partial charge in [-0.25, -0.2) is 4.98 Å². The average Bonchev–Trinajstić information content (AvgIpc) is 3.40. The van der Waals surface area contributed by atoms with Crippen molar-refractivity contribution >= 4 is 17.2 Å². The Morgan fingerprint density at radius 1 is 1.25 bits per heavy atom. The molecule has 2 saturated heterocycles. The van der Waals surface area contributed by atoms with Gasteiger partial charge in [-0.15, -0.1) is 11.3 Å². The molecule has 3 heterocycles. The quantitative estimate of drug-likeness (QED) is 0.742. The summed E-state index contributed by atoms with van der Waals surface area (Å²) in [6, 6.07) is 7.97. The number of benzene rings is 1. The van der Waals surface area contributed by atoms with Gasteiger partial charge in [0.2, 0.25) is 5.91 Å². The highest BCUT2D eigenvalue weighted by Gasteiger charge is 2.36. The SMILES string of the molecule is Cc1ccc(OCc2nc(CC(=O)N3CCCCC3C3OCCO3)cs2)cc1. The van der Waals surface area contributed by atoms with Crippen molar-refractivity contribution in [3.05, 3.63) is 45.9 Å². The molecule has 1 atom stereocenters. The summed E-state index contributed by atoms with van der Waals surface area (Å²) < 4.78 is 17.1. The Bertz CT molecular complexity index is 786. The van der Waals surface area contributed by atoms with Crippen LogP contribution in [0.15, 0.2) is 29.6 Å². The standard InChI is InChI=1S/C21H26N2O4S/c1-15-5-7-17(8-6-15)27-13-19-22-16(14-28-19)12-20(24)23-9-3-2-4-18(23)21-25-10-11-26-21/h5-8,14,18,21H,2-4,9-13H2,1H3. The van der Waals surface area contributed by atoms with E-state index in [4.69, 9.17) is 14.2 Å². The minimum absolute atomic E-state index is 0.0201. The Morgan fingerprint density at radius 2 is 2.04 bits per heavy atom. The molecule has 6 nitrogen and oxygen atoms in total. The normalized spacial score (nSPS) is 20.5. The lowest BCUT2D eigenvalue weighted by Gasteiger charge is -2.38. The lowest BCUT2D eigenvalue weighted by atomic mass is 10.0. The van der Waals surface area contributed by atoms with Crippen LogP contribution in [0.2, 0.25) is 0 Å². The molecule has 2 fully saturated rings. The molecule has 0 saturated carbocycles. The van der Waals surface area contributed by atoms with Crippen molar-refractivity contribution < 1.29 is 19.0 Å². The molecule has 1 aromatic heterocycles. The second kappa shape index (κ2) is 9.03. The third-order valence-corrected chi connectivity index (χ3v) is 6.02. The van der Waals surface area contributed by atoms with Crippen LogP contribution in [0.4, 0.5) is 0 Å². The van der Waals surface area contributed by atoms with Gasteiger partial charge in [-0.2, -0.15) is 0 Å². The number of aryl methyl sites for hydroxylation is 1. The molecule has 0 spiro atoms. The van der Waals surface area contributed by atoms with Crippen molar-refractivity contribution in [3.63, 3.8) is 0 Å². The monoisotopic (exact) mass is 402 g/mol. The fourth-order valence-corrected chi connectivity index (χ4v) is 4.39. The number of likely N-dealkylation sites (tertiary alicyclic amines) is 1. The summed E-state index contributed by atoms with van der Waals surface area (Å²) in [6.45, 7) is 4.45. The Labute approximate surface area is 169 Å². The van der Waals surface area contributed by atoms with E-state index in [0.717, 1.165) is 42.3 Å². The Balaban J connectivity index is 1.33. The molecule has 0 radical (unpaired) electrons. The van der Waals surface area contributed by atoms with E-state index in [1.165, 1.54) is 16.9 Å². The average molecular weight is 403 g/mol. The molecule has 2 aliphatic heterocycles. The van der Waals surface area contributed by atoms with Crippen LogP contribution in [0, 0.1) is 6.92 Å². The Kier molecular flexibility index (Phi) is 6.24. The summed E-state index contributed by atoms with van der Waals surface area (Å²) in [4.78, 5) is 19.4. The zero-order valence-electron chi connectivity index (χ0n) is 16.1. The minimum Gasteiger partial charge on any atom is -0.486 e. The number of carbonyl (C=O) groups excluding carboxylic acids is 1. The van der Waals surface area contributed by atoms with Gasteiger partial charge in [0.25, 0.3) is 0 Å². The largest absolute Gasteiger partial charge is 0.486 e. The van der Waals surface area contributed by atoms with Gasteiger partial charge in [0.05, 0.1) is 31.4 Å². The highest BCUT2D eigenvalue weighted by Crippen LogP contribution is 2.25. The number of carbonyl (C=O) groups is 1. The molecule has 7 heteroatoms. The predicted molar refractivity (Wildman–Crippen MR) is 106 cm³/mol. The topological polar surface area (TPSA) is 60.9 Å². The maximum absolute atomic E-state index is 12.9. The summed E-state index contributed by atoms with van der Waals surface area (Å²) in [5.41, 5.74) is 2.00. The van der Waals surface area contributed by atoms with Crippen LogP contribution in [0.5, 0.6) is 5.75 Å². The van der Waals surface area contributed by atoms with Crippen LogP contribution in [0.3, 0.4) is 0 Å². The molecule has 1 aromatic carbocycles. The molecule has 4 rings (SSSR count). The molecule has 1 amide bonds. The molecule has 0 N–H and O–H groups in total. The van der Waals surface area contributed by atoms with E-state index < -0.39 is 0 Å². The van der Waals surface area contributed by atoms with Gasteiger partial charge in [0, 0.05) is 11.9 Å².